The molecule has 32 heavy (non-hydrogen) atoms. The molecule has 2 aromatic carbocycles. The van der Waals surface area contributed by atoms with Crippen molar-refractivity contribution in [2.75, 3.05) is 32.8 Å². The largest absolute Gasteiger partial charge is 0.497 e. The van der Waals surface area contributed by atoms with E-state index in [0.717, 1.165) is 4.90 Å². The fraction of sp³-hybridized carbons (Fsp3) is 0.304. The van der Waals surface area contributed by atoms with Gasteiger partial charge in [-0.3, -0.25) is 24.1 Å². The van der Waals surface area contributed by atoms with E-state index in [0.29, 0.717) is 22.7 Å². The molecular formula is C23H24N2O7. The Morgan fingerprint density at radius 2 is 1.56 bits per heavy atom. The summed E-state index contributed by atoms with van der Waals surface area (Å²) in [6.45, 7) is -0.214. The zero-order chi connectivity index (χ0) is 23.3. The molecule has 0 bridgehead atoms. The topological polar surface area (TPSA) is 102 Å². The molecular weight excluding hydrogens is 416 g/mol. The second kappa shape index (κ2) is 9.95. The minimum Gasteiger partial charge on any atom is -0.497 e. The number of anilines is 1. The molecule has 1 aliphatic rings. The van der Waals surface area contributed by atoms with Crippen LogP contribution in [0.25, 0.3) is 0 Å². The standard InChI is InChI=1S/C23H24N2O7/c1-30-18-9-15(10-19(12-18)31-2)13-24(14-22(28)32-3)23(29)16-5-4-6-17(11-16)25-20(26)7-8-21(25)27/h4-6,9-12H,7-8,13-14H2,1-3H3. The molecule has 0 unspecified atom stereocenters. The molecule has 9 nitrogen and oxygen atoms in total. The number of esters is 1. The lowest BCUT2D eigenvalue weighted by Crippen LogP contribution is -2.36. The third-order valence-electron chi connectivity index (χ3n) is 5.02. The van der Waals surface area contributed by atoms with Crippen LogP contribution >= 0.6 is 0 Å². The average molecular weight is 440 g/mol. The van der Waals surface area contributed by atoms with Gasteiger partial charge in [0.25, 0.3) is 5.91 Å². The van der Waals surface area contributed by atoms with Gasteiger partial charge in [-0.1, -0.05) is 6.07 Å². The number of hydrogen-bond donors (Lipinski definition) is 0. The Hall–Kier alpha value is -3.88. The highest BCUT2D eigenvalue weighted by Gasteiger charge is 2.31. The van der Waals surface area contributed by atoms with Crippen LogP contribution in [0.1, 0.15) is 28.8 Å². The van der Waals surface area contributed by atoms with Gasteiger partial charge in [-0.15, -0.1) is 0 Å². The number of methoxy groups -OCH3 is 3. The lowest BCUT2D eigenvalue weighted by atomic mass is 10.1. The van der Waals surface area contributed by atoms with Crippen LogP contribution in [0.4, 0.5) is 5.69 Å². The molecule has 0 atom stereocenters. The predicted octanol–water partition coefficient (Wildman–Crippen LogP) is 2.17. The first-order chi connectivity index (χ1) is 15.4. The molecule has 2 aromatic rings. The van der Waals surface area contributed by atoms with E-state index in [1.54, 1.807) is 36.4 Å². The fourth-order valence-corrected chi connectivity index (χ4v) is 3.42. The van der Waals surface area contributed by atoms with Gasteiger partial charge < -0.3 is 19.1 Å². The number of nitrogens with zero attached hydrogens (tertiary/aromatic N) is 2. The van der Waals surface area contributed by atoms with Crippen molar-refractivity contribution in [3.8, 4) is 11.5 Å². The van der Waals surface area contributed by atoms with Crippen LogP contribution in [-0.2, 0) is 25.7 Å². The summed E-state index contributed by atoms with van der Waals surface area (Å²) in [5.41, 5.74) is 1.23. The van der Waals surface area contributed by atoms with E-state index >= 15 is 0 Å². The first kappa shape index (κ1) is 22.8. The Morgan fingerprint density at radius 1 is 0.938 bits per heavy atom. The van der Waals surface area contributed by atoms with E-state index in [1.165, 1.54) is 32.3 Å². The second-order valence-electron chi connectivity index (χ2n) is 7.13. The van der Waals surface area contributed by atoms with Crippen molar-refractivity contribution < 1.29 is 33.4 Å². The van der Waals surface area contributed by atoms with Crippen molar-refractivity contribution in [2.24, 2.45) is 0 Å². The highest BCUT2D eigenvalue weighted by molar-refractivity contribution is 6.20. The number of hydrogen-bond acceptors (Lipinski definition) is 7. The Morgan fingerprint density at radius 3 is 2.12 bits per heavy atom. The molecule has 0 saturated carbocycles. The fourth-order valence-electron chi connectivity index (χ4n) is 3.42. The average Bonchev–Trinajstić information content (AvgIpc) is 3.15. The number of amides is 3. The molecule has 1 saturated heterocycles. The summed E-state index contributed by atoms with van der Waals surface area (Å²) in [6.07, 6.45) is 0.284. The SMILES string of the molecule is COC(=O)CN(Cc1cc(OC)cc(OC)c1)C(=O)c1cccc(N2C(=O)CCC2=O)c1. The zero-order valence-electron chi connectivity index (χ0n) is 18.1. The molecule has 9 heteroatoms. The van der Waals surface area contributed by atoms with Crippen LogP contribution in [-0.4, -0.2) is 56.5 Å². The van der Waals surface area contributed by atoms with Crippen molar-refractivity contribution in [1.29, 1.82) is 0 Å². The number of ether oxygens (including phenoxy) is 3. The van der Waals surface area contributed by atoms with Crippen molar-refractivity contribution in [1.82, 2.24) is 4.90 Å². The van der Waals surface area contributed by atoms with E-state index in [-0.39, 0.29) is 43.3 Å². The first-order valence-electron chi connectivity index (χ1n) is 9.90. The van der Waals surface area contributed by atoms with Gasteiger partial charge >= 0.3 is 5.97 Å². The van der Waals surface area contributed by atoms with Gasteiger partial charge in [0.05, 0.1) is 27.0 Å². The van der Waals surface area contributed by atoms with E-state index in [2.05, 4.69) is 0 Å². The zero-order valence-corrected chi connectivity index (χ0v) is 18.1. The summed E-state index contributed by atoms with van der Waals surface area (Å²) in [7, 11) is 4.27. The lowest BCUT2D eigenvalue weighted by Gasteiger charge is -2.23. The van der Waals surface area contributed by atoms with Crippen LogP contribution in [0.15, 0.2) is 42.5 Å². The van der Waals surface area contributed by atoms with E-state index in [1.807, 2.05) is 0 Å². The first-order valence-corrected chi connectivity index (χ1v) is 9.90. The predicted molar refractivity (Wildman–Crippen MR) is 114 cm³/mol. The maximum absolute atomic E-state index is 13.3. The molecule has 0 N–H and O–H groups in total. The van der Waals surface area contributed by atoms with E-state index < -0.39 is 11.9 Å². The van der Waals surface area contributed by atoms with Gasteiger partial charge in [0.2, 0.25) is 11.8 Å². The van der Waals surface area contributed by atoms with Gasteiger partial charge in [0.1, 0.15) is 18.0 Å². The highest BCUT2D eigenvalue weighted by Crippen LogP contribution is 2.26. The van der Waals surface area contributed by atoms with Crippen LogP contribution in [0, 0.1) is 0 Å². The number of carbonyl (C=O) groups excluding carboxylic acids is 4. The van der Waals surface area contributed by atoms with Crippen LogP contribution in [0.5, 0.6) is 11.5 Å². The maximum Gasteiger partial charge on any atom is 0.325 e. The molecule has 0 aromatic heterocycles. The van der Waals surface area contributed by atoms with Crippen LogP contribution in [0.3, 0.4) is 0 Å². The van der Waals surface area contributed by atoms with Gasteiger partial charge in [-0.2, -0.15) is 0 Å². The van der Waals surface area contributed by atoms with E-state index in [4.69, 9.17) is 14.2 Å². The second-order valence-corrected chi connectivity index (χ2v) is 7.13. The van der Waals surface area contributed by atoms with Crippen LogP contribution in [0.2, 0.25) is 0 Å². The third-order valence-corrected chi connectivity index (χ3v) is 5.02. The maximum atomic E-state index is 13.3. The Labute approximate surface area is 185 Å². The molecule has 3 rings (SSSR count). The summed E-state index contributed by atoms with van der Waals surface area (Å²) in [5.74, 6) is -0.591. The number of rotatable bonds is 8. The van der Waals surface area contributed by atoms with E-state index in [9.17, 15) is 19.2 Å². The van der Waals surface area contributed by atoms with Gasteiger partial charge in [0.15, 0.2) is 0 Å². The van der Waals surface area contributed by atoms with Crippen molar-refractivity contribution in [3.05, 3.63) is 53.6 Å². The summed E-state index contributed by atoms with van der Waals surface area (Å²) in [5, 5.41) is 0. The smallest absolute Gasteiger partial charge is 0.325 e. The summed E-state index contributed by atoms with van der Waals surface area (Å²) >= 11 is 0. The molecule has 3 amide bonds. The molecule has 1 fully saturated rings. The Balaban J connectivity index is 1.92. The minimum absolute atomic E-state index is 0.0767. The monoisotopic (exact) mass is 440 g/mol. The van der Waals surface area contributed by atoms with Crippen molar-refractivity contribution >= 4 is 29.4 Å². The van der Waals surface area contributed by atoms with Gasteiger partial charge in [0, 0.05) is 31.0 Å². The molecule has 0 radical (unpaired) electrons. The number of carbonyl (C=O) groups is 4. The third kappa shape index (κ3) is 5.05. The number of imide groups is 1. The molecule has 1 aliphatic heterocycles. The van der Waals surface area contributed by atoms with Crippen molar-refractivity contribution in [3.63, 3.8) is 0 Å². The summed E-state index contributed by atoms with van der Waals surface area (Å²) < 4.78 is 15.3. The minimum atomic E-state index is -0.589. The number of benzene rings is 2. The quantitative estimate of drug-likeness (QED) is 0.458. The molecule has 168 valence electrons. The molecule has 0 spiro atoms. The Kier molecular flexibility index (Phi) is 7.09. The van der Waals surface area contributed by atoms with Crippen LogP contribution < -0.4 is 14.4 Å². The summed E-state index contributed by atoms with van der Waals surface area (Å²) in [4.78, 5) is 51.8. The normalized spacial score (nSPS) is 13.2. The Bertz CT molecular complexity index is 1010. The highest BCUT2D eigenvalue weighted by atomic mass is 16.5. The summed E-state index contributed by atoms with van der Waals surface area (Å²) in [6, 6.07) is 11.4. The molecule has 0 aliphatic carbocycles. The lowest BCUT2D eigenvalue weighted by molar-refractivity contribution is -0.141. The van der Waals surface area contributed by atoms with Gasteiger partial charge in [-0.25, -0.2) is 0 Å². The van der Waals surface area contributed by atoms with Crippen molar-refractivity contribution in [2.45, 2.75) is 19.4 Å². The molecule has 1 heterocycles. The van der Waals surface area contributed by atoms with Gasteiger partial charge in [-0.05, 0) is 35.9 Å².